The molecule has 1 aromatic carbocycles. The van der Waals surface area contributed by atoms with Crippen molar-refractivity contribution in [1.82, 2.24) is 0 Å². The summed E-state index contributed by atoms with van der Waals surface area (Å²) in [6, 6.07) is 3.25. The predicted octanol–water partition coefficient (Wildman–Crippen LogP) is 6.18. The van der Waals surface area contributed by atoms with Crippen molar-refractivity contribution < 1.29 is 22.0 Å². The van der Waals surface area contributed by atoms with E-state index in [1.807, 2.05) is 0 Å². The highest BCUT2D eigenvalue weighted by Crippen LogP contribution is 2.40. The van der Waals surface area contributed by atoms with Gasteiger partial charge in [0.2, 0.25) is 0 Å². The highest BCUT2D eigenvalue weighted by Gasteiger charge is 2.38. The molecule has 0 heterocycles. The maximum absolute atomic E-state index is 14.3. The first-order chi connectivity index (χ1) is 12.8. The Morgan fingerprint density at radius 2 is 1.79 bits per heavy atom. The van der Waals surface area contributed by atoms with Gasteiger partial charge in [0.1, 0.15) is 17.5 Å². The Kier molecular flexibility index (Phi) is 6.07. The van der Waals surface area contributed by atoms with Crippen LogP contribution < -0.4 is 5.73 Å². The number of alkyl halides is 3. The number of amidine groups is 1. The lowest BCUT2D eigenvalue weighted by molar-refractivity contribution is -0.0887. The van der Waals surface area contributed by atoms with Gasteiger partial charge in [-0.1, -0.05) is 30.7 Å². The molecule has 154 valence electrons. The average molecular weight is 400 g/mol. The van der Waals surface area contributed by atoms with E-state index in [4.69, 9.17) is 5.73 Å². The topological polar surface area (TPSA) is 38.4 Å². The highest BCUT2D eigenvalue weighted by atomic mass is 19.4. The minimum Gasteiger partial charge on any atom is -0.387 e. The zero-order chi connectivity index (χ0) is 21.3. The molecular weight excluding hydrogens is 375 g/mol. The Labute approximate surface area is 162 Å². The summed E-state index contributed by atoms with van der Waals surface area (Å²) in [4.78, 5) is 4.51. The molecule has 0 radical (unpaired) electrons. The Morgan fingerprint density at radius 3 is 2.32 bits per heavy atom. The first-order valence-electron chi connectivity index (χ1n) is 9.11. The fraction of sp³-hybridized carbons (Fsp3) is 0.476. The Morgan fingerprint density at radius 1 is 1.14 bits per heavy atom. The summed E-state index contributed by atoms with van der Waals surface area (Å²) in [7, 11) is 0. The highest BCUT2D eigenvalue weighted by molar-refractivity contribution is 5.89. The number of halogens is 5. The number of hydrogen-bond donors (Lipinski definition) is 1. The van der Waals surface area contributed by atoms with Crippen molar-refractivity contribution in [2.24, 2.45) is 16.1 Å². The van der Waals surface area contributed by atoms with Crippen molar-refractivity contribution in [3.8, 4) is 0 Å². The molecular formula is C21H25F5N2. The molecule has 1 atom stereocenters. The summed E-state index contributed by atoms with van der Waals surface area (Å²) < 4.78 is 66.8. The molecule has 1 aliphatic rings. The van der Waals surface area contributed by atoms with E-state index in [0.29, 0.717) is 18.4 Å². The number of rotatable bonds is 5. The van der Waals surface area contributed by atoms with E-state index in [-0.39, 0.29) is 17.8 Å². The Hall–Kier alpha value is -2.18. The third-order valence-corrected chi connectivity index (χ3v) is 5.45. The van der Waals surface area contributed by atoms with Gasteiger partial charge in [0, 0.05) is 17.0 Å². The van der Waals surface area contributed by atoms with Crippen LogP contribution in [0.4, 0.5) is 22.0 Å². The zero-order valence-corrected chi connectivity index (χ0v) is 16.4. The summed E-state index contributed by atoms with van der Waals surface area (Å²) in [6.07, 6.45) is -1.09. The van der Waals surface area contributed by atoms with Crippen LogP contribution in [0.15, 0.2) is 46.5 Å². The van der Waals surface area contributed by atoms with Gasteiger partial charge in [-0.15, -0.1) is 0 Å². The summed E-state index contributed by atoms with van der Waals surface area (Å²) in [5, 5.41) is 0. The van der Waals surface area contributed by atoms with Crippen molar-refractivity contribution in [1.29, 1.82) is 0 Å². The summed E-state index contributed by atoms with van der Waals surface area (Å²) in [5.41, 5.74) is 4.21. The van der Waals surface area contributed by atoms with E-state index in [2.05, 4.69) is 4.99 Å². The lowest BCUT2D eigenvalue weighted by Gasteiger charge is -2.33. The van der Waals surface area contributed by atoms with E-state index < -0.39 is 34.3 Å². The molecule has 2 nitrogen and oxygen atoms in total. The maximum Gasteiger partial charge on any atom is 0.416 e. The normalized spacial score (nSPS) is 18.4. The van der Waals surface area contributed by atoms with Crippen LogP contribution in [-0.2, 0) is 5.54 Å². The Balaban J connectivity index is 2.46. The van der Waals surface area contributed by atoms with Crippen LogP contribution in [0.2, 0.25) is 0 Å². The van der Waals surface area contributed by atoms with Crippen LogP contribution in [0.3, 0.4) is 0 Å². The van der Waals surface area contributed by atoms with Crippen LogP contribution in [0.5, 0.6) is 0 Å². The van der Waals surface area contributed by atoms with Crippen molar-refractivity contribution in [2.45, 2.75) is 58.7 Å². The molecule has 0 fully saturated rings. The first-order valence-corrected chi connectivity index (χ1v) is 9.11. The molecule has 1 aromatic rings. The smallest absolute Gasteiger partial charge is 0.387 e. The van der Waals surface area contributed by atoms with Crippen LogP contribution in [0.25, 0.3) is 0 Å². The molecule has 28 heavy (non-hydrogen) atoms. The van der Waals surface area contributed by atoms with Gasteiger partial charge in [-0.3, -0.25) is 4.99 Å². The zero-order valence-electron chi connectivity index (χ0n) is 16.4. The summed E-state index contributed by atoms with van der Waals surface area (Å²) in [5.74, 6) is -1.33. The molecule has 2 rings (SSSR count). The fourth-order valence-electron chi connectivity index (χ4n) is 3.22. The minimum absolute atomic E-state index is 0.107. The third-order valence-electron chi connectivity index (χ3n) is 5.45. The maximum atomic E-state index is 14.3. The number of allylic oxidation sites excluding steroid dienone is 3. The molecule has 0 bridgehead atoms. The van der Waals surface area contributed by atoms with Crippen LogP contribution >= 0.6 is 0 Å². The van der Waals surface area contributed by atoms with Gasteiger partial charge in [-0.2, -0.15) is 13.2 Å². The Bertz CT molecular complexity index is 834. The van der Waals surface area contributed by atoms with Gasteiger partial charge in [-0.25, -0.2) is 8.78 Å². The van der Waals surface area contributed by atoms with Gasteiger partial charge < -0.3 is 5.73 Å². The number of nitrogens with zero attached hydrogens (tertiary/aromatic N) is 1. The molecule has 0 aromatic heterocycles. The predicted molar refractivity (Wildman–Crippen MR) is 101 cm³/mol. The molecule has 0 saturated heterocycles. The van der Waals surface area contributed by atoms with E-state index in [1.165, 1.54) is 6.07 Å². The van der Waals surface area contributed by atoms with Crippen LogP contribution in [0, 0.1) is 17.0 Å². The van der Waals surface area contributed by atoms with Crippen molar-refractivity contribution >= 4 is 5.84 Å². The lowest BCUT2D eigenvalue weighted by atomic mass is 9.77. The van der Waals surface area contributed by atoms with Gasteiger partial charge in [0.15, 0.2) is 0 Å². The van der Waals surface area contributed by atoms with Gasteiger partial charge in [0.25, 0.3) is 0 Å². The summed E-state index contributed by atoms with van der Waals surface area (Å²) >= 11 is 0. The SMILES string of the molecule is CC[C@](C)(N=C(N)C(C)(C)C1=CC(C(F)(F)F)=CCC1)c1ccc(F)cc1F. The fourth-order valence-corrected chi connectivity index (χ4v) is 3.22. The van der Waals surface area contributed by atoms with Crippen LogP contribution in [-0.4, -0.2) is 12.0 Å². The summed E-state index contributed by atoms with van der Waals surface area (Å²) in [6.45, 7) is 6.86. The number of hydrogen-bond acceptors (Lipinski definition) is 1. The van der Waals surface area contributed by atoms with E-state index in [1.54, 1.807) is 27.7 Å². The molecule has 0 aliphatic heterocycles. The lowest BCUT2D eigenvalue weighted by Crippen LogP contribution is -2.37. The molecule has 0 saturated carbocycles. The standard InChI is InChI=1S/C21H25F5N2/c1-5-20(4,16-10-9-15(22)12-17(16)23)28-18(27)19(2,3)13-7-6-8-14(11-13)21(24,25)26/h8-12H,5-7H2,1-4H3,(H2,27,28)/t20-/m0/s1. The number of aliphatic imine (C=N–C) groups is 1. The van der Waals surface area contributed by atoms with E-state index >= 15 is 0 Å². The molecule has 1 aliphatic carbocycles. The second kappa shape index (κ2) is 7.68. The van der Waals surface area contributed by atoms with Gasteiger partial charge >= 0.3 is 6.18 Å². The molecule has 0 unspecified atom stereocenters. The van der Waals surface area contributed by atoms with Gasteiger partial charge in [0.05, 0.1) is 11.1 Å². The van der Waals surface area contributed by atoms with Crippen molar-refractivity contribution in [2.75, 3.05) is 0 Å². The molecule has 2 N–H and O–H groups in total. The minimum atomic E-state index is -4.43. The quantitative estimate of drug-likeness (QED) is 0.358. The first kappa shape index (κ1) is 22.1. The van der Waals surface area contributed by atoms with Crippen LogP contribution in [0.1, 0.15) is 52.5 Å². The van der Waals surface area contributed by atoms with E-state index in [0.717, 1.165) is 24.3 Å². The molecule has 0 spiro atoms. The number of benzene rings is 1. The van der Waals surface area contributed by atoms with Gasteiger partial charge in [-0.05, 0) is 46.1 Å². The monoisotopic (exact) mass is 400 g/mol. The second-order valence-corrected chi connectivity index (χ2v) is 7.74. The molecule has 0 amide bonds. The van der Waals surface area contributed by atoms with E-state index in [9.17, 15) is 22.0 Å². The average Bonchev–Trinajstić information content (AvgIpc) is 2.60. The largest absolute Gasteiger partial charge is 0.416 e. The second-order valence-electron chi connectivity index (χ2n) is 7.74. The van der Waals surface area contributed by atoms with Crippen molar-refractivity contribution in [3.63, 3.8) is 0 Å². The third kappa shape index (κ3) is 4.45. The molecule has 7 heteroatoms. The van der Waals surface area contributed by atoms with Crippen molar-refractivity contribution in [3.05, 3.63) is 58.7 Å². The number of nitrogens with two attached hydrogens (primary N) is 1.